The molecule has 158 valence electrons. The second-order valence-corrected chi connectivity index (χ2v) is 8.44. The van der Waals surface area contributed by atoms with E-state index in [0.717, 1.165) is 44.5 Å². The van der Waals surface area contributed by atoms with E-state index in [1.165, 1.54) is 17.3 Å². The number of hydrogen-bond acceptors (Lipinski definition) is 5. The predicted molar refractivity (Wildman–Crippen MR) is 125 cm³/mol. The quantitative estimate of drug-likeness (QED) is 0.431. The van der Waals surface area contributed by atoms with Crippen LogP contribution in [0.25, 0.3) is 16.9 Å². The Bertz CT molecular complexity index is 1230. The van der Waals surface area contributed by atoms with Crippen LogP contribution in [0.2, 0.25) is 0 Å². The number of methoxy groups -OCH3 is 1. The van der Waals surface area contributed by atoms with Gasteiger partial charge in [0.25, 0.3) is 0 Å². The summed E-state index contributed by atoms with van der Waals surface area (Å²) in [7, 11) is 1.65. The number of imidazole rings is 1. The molecule has 0 aliphatic rings. The van der Waals surface area contributed by atoms with E-state index in [1.54, 1.807) is 11.6 Å². The number of hydrogen-bond donors (Lipinski definition) is 1. The van der Waals surface area contributed by atoms with E-state index in [0.29, 0.717) is 0 Å². The van der Waals surface area contributed by atoms with Crippen molar-refractivity contribution in [3.8, 4) is 17.0 Å². The molecule has 7 heteroatoms. The second-order valence-electron chi connectivity index (χ2n) is 7.44. The van der Waals surface area contributed by atoms with Crippen LogP contribution in [-0.4, -0.2) is 33.4 Å². The SMILES string of the molecule is COc1ccc(-c2cn3nc(SCC(=O)Nc4c(C)cc(C)cc4C)ccc3n2)cc1. The number of carbonyl (C=O) groups is 1. The van der Waals surface area contributed by atoms with Gasteiger partial charge in [-0.25, -0.2) is 9.50 Å². The number of anilines is 1. The number of carbonyl (C=O) groups excluding carboxylic acids is 1. The highest BCUT2D eigenvalue weighted by molar-refractivity contribution is 7.99. The molecule has 4 rings (SSSR count). The Labute approximate surface area is 185 Å². The van der Waals surface area contributed by atoms with Gasteiger partial charge in [0.1, 0.15) is 10.8 Å². The average molecular weight is 433 g/mol. The lowest BCUT2D eigenvalue weighted by Crippen LogP contribution is -2.16. The smallest absolute Gasteiger partial charge is 0.234 e. The summed E-state index contributed by atoms with van der Waals surface area (Å²) in [6.07, 6.45) is 1.89. The fourth-order valence-corrected chi connectivity index (χ4v) is 4.20. The number of ether oxygens (including phenoxy) is 1. The van der Waals surface area contributed by atoms with Crippen molar-refractivity contribution in [2.45, 2.75) is 25.8 Å². The Hall–Kier alpha value is -3.32. The first-order chi connectivity index (χ1) is 14.9. The van der Waals surface area contributed by atoms with Crippen LogP contribution in [0.5, 0.6) is 5.75 Å². The van der Waals surface area contributed by atoms with Gasteiger partial charge in [0.05, 0.1) is 24.8 Å². The molecule has 2 heterocycles. The first-order valence-corrected chi connectivity index (χ1v) is 10.9. The molecule has 6 nitrogen and oxygen atoms in total. The van der Waals surface area contributed by atoms with Crippen molar-refractivity contribution in [1.29, 1.82) is 0 Å². The van der Waals surface area contributed by atoms with Crippen LogP contribution in [0, 0.1) is 20.8 Å². The van der Waals surface area contributed by atoms with Crippen molar-refractivity contribution < 1.29 is 9.53 Å². The van der Waals surface area contributed by atoms with Gasteiger partial charge in [-0.1, -0.05) is 29.5 Å². The Morgan fingerprint density at radius 1 is 1.06 bits per heavy atom. The fraction of sp³-hybridized carbons (Fsp3) is 0.208. The zero-order valence-corrected chi connectivity index (χ0v) is 18.8. The minimum Gasteiger partial charge on any atom is -0.497 e. The molecule has 0 fully saturated rings. The number of nitrogens with zero attached hydrogens (tertiary/aromatic N) is 3. The Morgan fingerprint density at radius 3 is 2.45 bits per heavy atom. The number of nitrogens with one attached hydrogen (secondary N) is 1. The number of rotatable bonds is 6. The lowest BCUT2D eigenvalue weighted by Gasteiger charge is -2.12. The van der Waals surface area contributed by atoms with Gasteiger partial charge in [0.2, 0.25) is 5.91 Å². The van der Waals surface area contributed by atoms with E-state index in [4.69, 9.17) is 4.74 Å². The molecule has 0 atom stereocenters. The molecule has 0 unspecified atom stereocenters. The van der Waals surface area contributed by atoms with Gasteiger partial charge in [-0.3, -0.25) is 4.79 Å². The minimum absolute atomic E-state index is 0.0495. The van der Waals surface area contributed by atoms with E-state index in [-0.39, 0.29) is 11.7 Å². The van der Waals surface area contributed by atoms with Crippen LogP contribution in [0.4, 0.5) is 5.69 Å². The summed E-state index contributed by atoms with van der Waals surface area (Å²) in [5.74, 6) is 1.04. The second kappa shape index (κ2) is 8.81. The molecule has 0 saturated heterocycles. The zero-order chi connectivity index (χ0) is 22.0. The standard InChI is InChI=1S/C24H24N4O2S/c1-15-11-16(2)24(17(3)12-15)26-22(29)14-31-23-10-9-21-25-20(13-28(21)27-23)18-5-7-19(30-4)8-6-18/h5-13H,14H2,1-4H3,(H,26,29). The molecule has 0 aliphatic heterocycles. The summed E-state index contributed by atoms with van der Waals surface area (Å²) in [6.45, 7) is 6.08. The summed E-state index contributed by atoms with van der Waals surface area (Å²) in [5, 5.41) is 8.39. The Balaban J connectivity index is 1.44. The predicted octanol–water partition coefficient (Wildman–Crippen LogP) is 5.06. The average Bonchev–Trinajstić information content (AvgIpc) is 3.18. The van der Waals surface area contributed by atoms with Crippen LogP contribution in [0.3, 0.4) is 0 Å². The van der Waals surface area contributed by atoms with Crippen molar-refractivity contribution in [3.05, 3.63) is 71.4 Å². The third kappa shape index (κ3) is 4.72. The van der Waals surface area contributed by atoms with Gasteiger partial charge in [-0.15, -0.1) is 0 Å². The van der Waals surface area contributed by atoms with Gasteiger partial charge >= 0.3 is 0 Å². The molecule has 2 aromatic heterocycles. The van der Waals surface area contributed by atoms with Gasteiger partial charge in [0, 0.05) is 11.3 Å². The van der Waals surface area contributed by atoms with E-state index < -0.39 is 0 Å². The van der Waals surface area contributed by atoms with Crippen molar-refractivity contribution >= 4 is 29.0 Å². The Kier molecular flexibility index (Phi) is 5.95. The maximum Gasteiger partial charge on any atom is 0.234 e. The zero-order valence-electron chi connectivity index (χ0n) is 18.0. The largest absolute Gasteiger partial charge is 0.497 e. The summed E-state index contributed by atoms with van der Waals surface area (Å²) in [5.41, 5.74) is 6.79. The van der Waals surface area contributed by atoms with E-state index in [9.17, 15) is 4.79 Å². The molecule has 0 radical (unpaired) electrons. The third-order valence-corrected chi connectivity index (χ3v) is 5.89. The molecule has 0 aliphatic carbocycles. The number of aryl methyl sites for hydroxylation is 3. The van der Waals surface area contributed by atoms with Crippen molar-refractivity contribution in [1.82, 2.24) is 14.6 Å². The van der Waals surface area contributed by atoms with Crippen LogP contribution >= 0.6 is 11.8 Å². The Morgan fingerprint density at radius 2 is 1.77 bits per heavy atom. The maximum absolute atomic E-state index is 12.5. The lowest BCUT2D eigenvalue weighted by atomic mass is 10.1. The summed E-state index contributed by atoms with van der Waals surface area (Å²) >= 11 is 1.40. The van der Waals surface area contributed by atoms with E-state index >= 15 is 0 Å². The molecule has 0 spiro atoms. The normalized spacial score (nSPS) is 11.0. The van der Waals surface area contributed by atoms with Crippen LogP contribution < -0.4 is 10.1 Å². The van der Waals surface area contributed by atoms with Crippen LogP contribution in [0.15, 0.2) is 59.8 Å². The summed E-state index contributed by atoms with van der Waals surface area (Å²) in [4.78, 5) is 17.1. The van der Waals surface area contributed by atoms with Crippen molar-refractivity contribution in [2.75, 3.05) is 18.2 Å². The van der Waals surface area contributed by atoms with Crippen LogP contribution in [-0.2, 0) is 4.79 Å². The first kappa shape index (κ1) is 20.9. The van der Waals surface area contributed by atoms with Gasteiger partial charge in [-0.05, 0) is 68.3 Å². The molecule has 0 bridgehead atoms. The number of aromatic nitrogens is 3. The molecule has 2 aromatic carbocycles. The molecule has 31 heavy (non-hydrogen) atoms. The van der Waals surface area contributed by atoms with Crippen molar-refractivity contribution in [3.63, 3.8) is 0 Å². The fourth-order valence-electron chi connectivity index (χ4n) is 3.53. The third-order valence-electron chi connectivity index (χ3n) is 4.97. The van der Waals surface area contributed by atoms with E-state index in [2.05, 4.69) is 34.5 Å². The molecule has 1 N–H and O–H groups in total. The van der Waals surface area contributed by atoms with E-state index in [1.807, 2.05) is 56.4 Å². The number of thioether (sulfide) groups is 1. The van der Waals surface area contributed by atoms with Gasteiger partial charge in [-0.2, -0.15) is 5.10 Å². The topological polar surface area (TPSA) is 68.5 Å². The molecular weight excluding hydrogens is 408 g/mol. The number of benzene rings is 2. The monoisotopic (exact) mass is 432 g/mol. The molecule has 4 aromatic rings. The van der Waals surface area contributed by atoms with Gasteiger partial charge < -0.3 is 10.1 Å². The molecule has 0 saturated carbocycles. The number of amides is 1. The molecular formula is C24H24N4O2S. The highest BCUT2D eigenvalue weighted by Crippen LogP contribution is 2.24. The van der Waals surface area contributed by atoms with Crippen molar-refractivity contribution in [2.24, 2.45) is 0 Å². The highest BCUT2D eigenvalue weighted by Gasteiger charge is 2.11. The molecule has 1 amide bonds. The summed E-state index contributed by atoms with van der Waals surface area (Å²) in [6, 6.07) is 15.7. The van der Waals surface area contributed by atoms with Crippen LogP contribution in [0.1, 0.15) is 16.7 Å². The summed E-state index contributed by atoms with van der Waals surface area (Å²) < 4.78 is 6.95. The number of fused-ring (bicyclic) bond motifs is 1. The minimum atomic E-state index is -0.0495. The van der Waals surface area contributed by atoms with Gasteiger partial charge in [0.15, 0.2) is 5.65 Å². The first-order valence-electron chi connectivity index (χ1n) is 9.94. The lowest BCUT2D eigenvalue weighted by molar-refractivity contribution is -0.113. The maximum atomic E-state index is 12.5. The highest BCUT2D eigenvalue weighted by atomic mass is 32.2.